The van der Waals surface area contributed by atoms with Gasteiger partial charge in [0, 0.05) is 12.5 Å². The third-order valence-corrected chi connectivity index (χ3v) is 5.30. The molecule has 1 aromatic heterocycles. The average Bonchev–Trinajstić information content (AvgIpc) is 3.09. The molecule has 1 atom stereocenters. The molecule has 0 saturated carbocycles. The van der Waals surface area contributed by atoms with E-state index in [0.29, 0.717) is 18.3 Å². The maximum atomic E-state index is 12.5. The third-order valence-electron chi connectivity index (χ3n) is 5.30. The predicted molar refractivity (Wildman–Crippen MR) is 99.9 cm³/mol. The van der Waals surface area contributed by atoms with E-state index < -0.39 is 0 Å². The van der Waals surface area contributed by atoms with Crippen LogP contribution in [0.1, 0.15) is 48.5 Å². The largest absolute Gasteiger partial charge is 0.354 e. The van der Waals surface area contributed by atoms with Gasteiger partial charge in [-0.2, -0.15) is 4.98 Å². The molecule has 140 valence electrons. The Labute approximate surface area is 155 Å². The maximum absolute atomic E-state index is 12.5. The second-order valence-electron chi connectivity index (χ2n) is 7.13. The number of rotatable bonds is 6. The van der Waals surface area contributed by atoms with E-state index >= 15 is 0 Å². The Morgan fingerprint density at radius 2 is 2.04 bits per heavy atom. The minimum absolute atomic E-state index is 0.102. The molecule has 0 spiro atoms. The fraction of sp³-hybridized carbons (Fsp3) is 0.550. The summed E-state index contributed by atoms with van der Waals surface area (Å²) in [5.74, 6) is 1.83. The van der Waals surface area contributed by atoms with Crippen molar-refractivity contribution in [3.8, 4) is 0 Å². The number of carbonyl (C=O) groups is 1. The summed E-state index contributed by atoms with van der Waals surface area (Å²) in [5.41, 5.74) is 2.56. The Morgan fingerprint density at radius 3 is 2.69 bits per heavy atom. The van der Waals surface area contributed by atoms with Crippen LogP contribution in [0.4, 0.5) is 0 Å². The molecule has 1 aliphatic heterocycles. The molecule has 1 amide bonds. The van der Waals surface area contributed by atoms with Crippen LogP contribution in [-0.2, 0) is 11.2 Å². The van der Waals surface area contributed by atoms with Crippen molar-refractivity contribution in [1.29, 1.82) is 0 Å². The van der Waals surface area contributed by atoms with E-state index in [4.69, 9.17) is 4.52 Å². The fourth-order valence-electron chi connectivity index (χ4n) is 3.54. The maximum Gasteiger partial charge on any atom is 0.237 e. The molecule has 2 aromatic rings. The lowest BCUT2D eigenvalue weighted by atomic mass is 9.95. The van der Waals surface area contributed by atoms with E-state index in [1.54, 1.807) is 0 Å². The molecule has 0 bridgehead atoms. The van der Waals surface area contributed by atoms with Crippen LogP contribution in [0.15, 0.2) is 28.8 Å². The Morgan fingerprint density at radius 1 is 1.31 bits per heavy atom. The molecule has 1 saturated heterocycles. The van der Waals surface area contributed by atoms with E-state index in [2.05, 4.69) is 39.4 Å². The number of hydrogen-bond donors (Lipinski definition) is 1. The van der Waals surface area contributed by atoms with Gasteiger partial charge in [0.2, 0.25) is 11.8 Å². The smallest absolute Gasteiger partial charge is 0.237 e. The highest BCUT2D eigenvalue weighted by Gasteiger charge is 2.29. The Bertz CT molecular complexity index is 735. The van der Waals surface area contributed by atoms with Gasteiger partial charge in [0.25, 0.3) is 0 Å². The van der Waals surface area contributed by atoms with Gasteiger partial charge in [0.05, 0.1) is 6.04 Å². The van der Waals surface area contributed by atoms with Crippen molar-refractivity contribution >= 4 is 5.91 Å². The molecule has 26 heavy (non-hydrogen) atoms. The Kier molecular flexibility index (Phi) is 6.04. The first-order valence-corrected chi connectivity index (χ1v) is 9.41. The Hall–Kier alpha value is -2.21. The summed E-state index contributed by atoms with van der Waals surface area (Å²) in [4.78, 5) is 19.1. The van der Waals surface area contributed by atoms with Crippen molar-refractivity contribution in [1.82, 2.24) is 20.4 Å². The molecule has 2 heterocycles. The molecule has 6 heteroatoms. The van der Waals surface area contributed by atoms with Crippen LogP contribution < -0.4 is 5.32 Å². The van der Waals surface area contributed by atoms with Gasteiger partial charge >= 0.3 is 0 Å². The van der Waals surface area contributed by atoms with Crippen LogP contribution in [-0.4, -0.2) is 46.6 Å². The monoisotopic (exact) mass is 356 g/mol. The van der Waals surface area contributed by atoms with E-state index in [1.807, 2.05) is 26.0 Å². The number of likely N-dealkylation sites (tertiary alicyclic amines) is 1. The van der Waals surface area contributed by atoms with Crippen molar-refractivity contribution in [2.45, 2.75) is 52.0 Å². The quantitative estimate of drug-likeness (QED) is 0.861. The molecular formula is C20H28N4O2. The second-order valence-corrected chi connectivity index (χ2v) is 7.13. The molecule has 1 aliphatic rings. The average molecular weight is 356 g/mol. The zero-order chi connectivity index (χ0) is 18.5. The molecule has 1 aromatic carbocycles. The van der Waals surface area contributed by atoms with Crippen LogP contribution >= 0.6 is 0 Å². The summed E-state index contributed by atoms with van der Waals surface area (Å²) in [6.45, 7) is 8.35. The first-order valence-electron chi connectivity index (χ1n) is 9.41. The predicted octanol–water partition coefficient (Wildman–Crippen LogP) is 2.61. The van der Waals surface area contributed by atoms with Crippen molar-refractivity contribution in [2.75, 3.05) is 19.6 Å². The summed E-state index contributed by atoms with van der Waals surface area (Å²) in [6, 6.07) is 8.20. The second kappa shape index (κ2) is 8.45. The summed E-state index contributed by atoms with van der Waals surface area (Å²) in [5, 5.41) is 6.96. The number of benzene rings is 1. The number of hydrogen-bond acceptors (Lipinski definition) is 5. The van der Waals surface area contributed by atoms with E-state index in [1.165, 1.54) is 11.1 Å². The van der Waals surface area contributed by atoms with E-state index in [-0.39, 0.29) is 11.9 Å². The highest BCUT2D eigenvalue weighted by atomic mass is 16.5. The zero-order valence-corrected chi connectivity index (χ0v) is 15.9. The van der Waals surface area contributed by atoms with Crippen LogP contribution in [0.25, 0.3) is 0 Å². The van der Waals surface area contributed by atoms with Crippen LogP contribution in [0.3, 0.4) is 0 Å². The standard InChI is InChI=1S/C20H28N4O2/c1-14-6-4-5-7-17(14)8-11-21-19(25)15(2)24-12-9-18(10-13-24)20-22-16(3)23-26-20/h4-7,15,18H,8-13H2,1-3H3,(H,21,25). The summed E-state index contributed by atoms with van der Waals surface area (Å²) in [7, 11) is 0. The number of nitrogens with one attached hydrogen (secondary N) is 1. The van der Waals surface area contributed by atoms with Gasteiger partial charge in [-0.1, -0.05) is 29.4 Å². The first kappa shape index (κ1) is 18.6. The number of aromatic nitrogens is 2. The van der Waals surface area contributed by atoms with Gasteiger partial charge in [-0.05, 0) is 64.3 Å². The van der Waals surface area contributed by atoms with Gasteiger partial charge in [-0.25, -0.2) is 0 Å². The molecule has 1 unspecified atom stereocenters. The number of carbonyl (C=O) groups excluding carboxylic acids is 1. The van der Waals surface area contributed by atoms with Crippen LogP contribution in [0.5, 0.6) is 0 Å². The summed E-state index contributed by atoms with van der Waals surface area (Å²) < 4.78 is 5.29. The number of aryl methyl sites for hydroxylation is 2. The Balaban J connectivity index is 1.43. The lowest BCUT2D eigenvalue weighted by Crippen LogP contribution is -2.48. The van der Waals surface area contributed by atoms with Gasteiger partial charge in [0.1, 0.15) is 0 Å². The first-order chi connectivity index (χ1) is 12.5. The van der Waals surface area contributed by atoms with Crippen LogP contribution in [0.2, 0.25) is 0 Å². The van der Waals surface area contributed by atoms with Crippen molar-refractivity contribution in [2.24, 2.45) is 0 Å². The minimum Gasteiger partial charge on any atom is -0.354 e. The molecule has 3 rings (SSSR count). The topological polar surface area (TPSA) is 71.3 Å². The van der Waals surface area contributed by atoms with Crippen molar-refractivity contribution in [3.05, 3.63) is 47.1 Å². The van der Waals surface area contributed by atoms with E-state index in [0.717, 1.165) is 38.2 Å². The SMILES string of the molecule is Cc1noc(C2CCN(C(C)C(=O)NCCc3ccccc3C)CC2)n1. The number of amides is 1. The fourth-order valence-corrected chi connectivity index (χ4v) is 3.54. The molecule has 1 fully saturated rings. The van der Waals surface area contributed by atoms with Gasteiger partial charge in [-0.15, -0.1) is 0 Å². The third kappa shape index (κ3) is 4.49. The normalized spacial score (nSPS) is 17.2. The van der Waals surface area contributed by atoms with Crippen molar-refractivity contribution < 1.29 is 9.32 Å². The van der Waals surface area contributed by atoms with Crippen LogP contribution in [0, 0.1) is 13.8 Å². The molecule has 1 N–H and O–H groups in total. The highest BCUT2D eigenvalue weighted by Crippen LogP contribution is 2.27. The van der Waals surface area contributed by atoms with E-state index in [9.17, 15) is 4.79 Å². The number of nitrogens with zero attached hydrogens (tertiary/aromatic N) is 3. The highest BCUT2D eigenvalue weighted by molar-refractivity contribution is 5.81. The van der Waals surface area contributed by atoms with Crippen molar-refractivity contribution in [3.63, 3.8) is 0 Å². The molecule has 6 nitrogen and oxygen atoms in total. The molecular weight excluding hydrogens is 328 g/mol. The van der Waals surface area contributed by atoms with Gasteiger partial charge < -0.3 is 9.84 Å². The number of piperidine rings is 1. The minimum atomic E-state index is -0.114. The lowest BCUT2D eigenvalue weighted by Gasteiger charge is -2.34. The summed E-state index contributed by atoms with van der Waals surface area (Å²) >= 11 is 0. The van der Waals surface area contributed by atoms with Gasteiger partial charge in [-0.3, -0.25) is 9.69 Å². The summed E-state index contributed by atoms with van der Waals surface area (Å²) in [6.07, 6.45) is 2.76. The zero-order valence-electron chi connectivity index (χ0n) is 15.9. The molecule has 0 radical (unpaired) electrons. The van der Waals surface area contributed by atoms with Gasteiger partial charge in [0.15, 0.2) is 5.82 Å². The lowest BCUT2D eigenvalue weighted by molar-refractivity contribution is -0.126. The molecule has 0 aliphatic carbocycles.